The van der Waals surface area contributed by atoms with E-state index < -0.39 is 5.82 Å². The molecule has 0 bridgehead atoms. The minimum absolute atomic E-state index is 0.0997. The Kier molecular flexibility index (Phi) is 4.53. The Morgan fingerprint density at radius 2 is 2.21 bits per heavy atom. The zero-order valence-corrected chi connectivity index (χ0v) is 9.13. The second-order valence-corrected chi connectivity index (χ2v) is 3.57. The highest BCUT2D eigenvalue weighted by atomic mass is 79.9. The maximum Gasteiger partial charge on any atom is 0.152 e. The predicted octanol–water partition coefficient (Wildman–Crippen LogP) is 3.44. The van der Waals surface area contributed by atoms with Gasteiger partial charge in [-0.15, -0.1) is 0 Å². The van der Waals surface area contributed by atoms with Crippen molar-refractivity contribution in [2.45, 2.75) is 6.42 Å². The molecule has 0 aliphatic heterocycles. The third-order valence-corrected chi connectivity index (χ3v) is 2.20. The van der Waals surface area contributed by atoms with Gasteiger partial charge in [-0.1, -0.05) is 34.1 Å². The molecule has 0 unspecified atom stereocenters. The first kappa shape index (κ1) is 11.1. The lowest BCUT2D eigenvalue weighted by molar-refractivity contribution is 0.112. The fourth-order valence-corrected chi connectivity index (χ4v) is 1.29. The van der Waals surface area contributed by atoms with E-state index in [0.29, 0.717) is 6.29 Å². The van der Waals surface area contributed by atoms with Crippen LogP contribution in [0.3, 0.4) is 0 Å². The highest BCUT2D eigenvalue weighted by Crippen LogP contribution is 2.10. The molecule has 14 heavy (non-hydrogen) atoms. The first-order valence-corrected chi connectivity index (χ1v) is 5.37. The fraction of sp³-hybridized carbons (Fsp3) is 0.182. The minimum atomic E-state index is -0.471. The molecule has 0 aliphatic carbocycles. The quantitative estimate of drug-likeness (QED) is 0.596. The van der Waals surface area contributed by atoms with Crippen LogP contribution in [0.2, 0.25) is 0 Å². The van der Waals surface area contributed by atoms with Crippen LogP contribution in [0.1, 0.15) is 22.3 Å². The van der Waals surface area contributed by atoms with Gasteiger partial charge in [-0.3, -0.25) is 4.79 Å². The Morgan fingerprint density at radius 1 is 1.43 bits per heavy atom. The van der Waals surface area contributed by atoms with Crippen molar-refractivity contribution in [2.24, 2.45) is 0 Å². The van der Waals surface area contributed by atoms with E-state index in [4.69, 9.17) is 0 Å². The van der Waals surface area contributed by atoms with Gasteiger partial charge >= 0.3 is 0 Å². The molecule has 74 valence electrons. The first-order chi connectivity index (χ1) is 6.77. The van der Waals surface area contributed by atoms with E-state index >= 15 is 0 Å². The Morgan fingerprint density at radius 3 is 2.79 bits per heavy atom. The average Bonchev–Trinajstić information content (AvgIpc) is 2.18. The summed E-state index contributed by atoms with van der Waals surface area (Å²) >= 11 is 3.29. The van der Waals surface area contributed by atoms with Crippen molar-refractivity contribution in [3.63, 3.8) is 0 Å². The van der Waals surface area contributed by atoms with Gasteiger partial charge in [0.1, 0.15) is 5.82 Å². The van der Waals surface area contributed by atoms with E-state index in [-0.39, 0.29) is 5.56 Å². The maximum absolute atomic E-state index is 13.1. The molecule has 0 aromatic heterocycles. The van der Waals surface area contributed by atoms with E-state index in [2.05, 4.69) is 15.9 Å². The Hall–Kier alpha value is -0.960. The van der Waals surface area contributed by atoms with E-state index in [1.54, 1.807) is 6.07 Å². The molecular formula is C11H10BrFO. The first-order valence-electron chi connectivity index (χ1n) is 4.25. The molecule has 0 atom stereocenters. The number of hydrogen-bond acceptors (Lipinski definition) is 1. The maximum atomic E-state index is 13.1. The molecule has 0 aliphatic rings. The Balaban J connectivity index is 2.81. The van der Waals surface area contributed by atoms with Crippen LogP contribution in [0.5, 0.6) is 0 Å². The lowest BCUT2D eigenvalue weighted by Gasteiger charge is -1.96. The van der Waals surface area contributed by atoms with Crippen LogP contribution in [0.25, 0.3) is 6.08 Å². The molecule has 0 N–H and O–H groups in total. The SMILES string of the molecule is O=Cc1ccc(C=CCCBr)cc1F. The van der Waals surface area contributed by atoms with Gasteiger partial charge in [0.25, 0.3) is 0 Å². The van der Waals surface area contributed by atoms with Crippen LogP contribution in [0.15, 0.2) is 24.3 Å². The topological polar surface area (TPSA) is 17.1 Å². The van der Waals surface area contributed by atoms with Crippen LogP contribution >= 0.6 is 15.9 Å². The highest BCUT2D eigenvalue weighted by Gasteiger charge is 1.99. The summed E-state index contributed by atoms with van der Waals surface area (Å²) in [5.41, 5.74) is 0.872. The Bertz CT molecular complexity index is 347. The van der Waals surface area contributed by atoms with Crippen LogP contribution < -0.4 is 0 Å². The average molecular weight is 257 g/mol. The molecular weight excluding hydrogens is 247 g/mol. The second-order valence-electron chi connectivity index (χ2n) is 2.78. The second kappa shape index (κ2) is 5.70. The van der Waals surface area contributed by atoms with Crippen molar-refractivity contribution in [3.05, 3.63) is 41.2 Å². The van der Waals surface area contributed by atoms with Crippen LogP contribution in [-0.2, 0) is 0 Å². The van der Waals surface area contributed by atoms with Gasteiger partial charge in [-0.25, -0.2) is 4.39 Å². The molecule has 0 amide bonds. The van der Waals surface area contributed by atoms with Crippen molar-refractivity contribution in [1.82, 2.24) is 0 Å². The van der Waals surface area contributed by atoms with Crippen molar-refractivity contribution >= 4 is 28.3 Å². The molecule has 0 spiro atoms. The standard InChI is InChI=1S/C11H10BrFO/c12-6-2-1-3-9-4-5-10(8-14)11(13)7-9/h1,3-5,7-8H,2,6H2. The number of halogens is 2. The summed E-state index contributed by atoms with van der Waals surface area (Å²) in [6, 6.07) is 4.56. The number of allylic oxidation sites excluding steroid dienone is 1. The van der Waals surface area contributed by atoms with Crippen molar-refractivity contribution in [1.29, 1.82) is 0 Å². The minimum Gasteiger partial charge on any atom is -0.298 e. The van der Waals surface area contributed by atoms with Gasteiger partial charge in [0, 0.05) is 5.33 Å². The summed E-state index contributed by atoms with van der Waals surface area (Å²) in [6.07, 6.45) is 5.20. The molecule has 1 aromatic rings. The van der Waals surface area contributed by atoms with Gasteiger partial charge in [0.15, 0.2) is 6.29 Å². The van der Waals surface area contributed by atoms with Crippen LogP contribution in [0.4, 0.5) is 4.39 Å². The number of rotatable bonds is 4. The van der Waals surface area contributed by atoms with Gasteiger partial charge in [-0.05, 0) is 24.1 Å². The van der Waals surface area contributed by atoms with Crippen molar-refractivity contribution < 1.29 is 9.18 Å². The van der Waals surface area contributed by atoms with Crippen molar-refractivity contribution in [3.8, 4) is 0 Å². The van der Waals surface area contributed by atoms with E-state index in [9.17, 15) is 9.18 Å². The smallest absolute Gasteiger partial charge is 0.152 e. The zero-order chi connectivity index (χ0) is 10.4. The summed E-state index contributed by atoms with van der Waals surface area (Å²) < 4.78 is 13.1. The molecule has 1 rings (SSSR count). The largest absolute Gasteiger partial charge is 0.298 e. The zero-order valence-electron chi connectivity index (χ0n) is 7.54. The number of carbonyl (C=O) groups excluding carboxylic acids is 1. The fourth-order valence-electron chi connectivity index (χ4n) is 1.03. The van der Waals surface area contributed by atoms with Gasteiger partial charge in [0.05, 0.1) is 5.56 Å². The number of hydrogen-bond donors (Lipinski definition) is 0. The highest BCUT2D eigenvalue weighted by molar-refractivity contribution is 9.09. The monoisotopic (exact) mass is 256 g/mol. The van der Waals surface area contributed by atoms with Crippen LogP contribution in [0, 0.1) is 5.82 Å². The van der Waals surface area contributed by atoms with Gasteiger partial charge < -0.3 is 0 Å². The molecule has 0 fully saturated rings. The third kappa shape index (κ3) is 3.07. The lowest BCUT2D eigenvalue weighted by Crippen LogP contribution is -1.87. The van der Waals surface area contributed by atoms with E-state index in [1.165, 1.54) is 12.1 Å². The predicted molar refractivity (Wildman–Crippen MR) is 59.2 cm³/mol. The summed E-state index contributed by atoms with van der Waals surface area (Å²) in [4.78, 5) is 10.3. The number of carbonyl (C=O) groups is 1. The molecule has 1 nitrogen and oxygen atoms in total. The number of alkyl halides is 1. The summed E-state index contributed by atoms with van der Waals surface area (Å²) in [5, 5.41) is 0.887. The number of benzene rings is 1. The summed E-state index contributed by atoms with van der Waals surface area (Å²) in [5.74, 6) is -0.471. The molecule has 1 aromatic carbocycles. The van der Waals surface area contributed by atoms with Gasteiger partial charge in [0.2, 0.25) is 0 Å². The van der Waals surface area contributed by atoms with Crippen LogP contribution in [-0.4, -0.2) is 11.6 Å². The summed E-state index contributed by atoms with van der Waals surface area (Å²) in [7, 11) is 0. The third-order valence-electron chi connectivity index (χ3n) is 1.74. The molecule has 3 heteroatoms. The van der Waals surface area contributed by atoms with Gasteiger partial charge in [-0.2, -0.15) is 0 Å². The molecule has 0 saturated heterocycles. The summed E-state index contributed by atoms with van der Waals surface area (Å²) in [6.45, 7) is 0. The number of aldehydes is 1. The Labute approximate surface area is 90.8 Å². The van der Waals surface area contributed by atoms with E-state index in [0.717, 1.165) is 17.3 Å². The molecule has 0 saturated carbocycles. The molecule has 0 radical (unpaired) electrons. The van der Waals surface area contributed by atoms with E-state index in [1.807, 2.05) is 12.2 Å². The lowest BCUT2D eigenvalue weighted by atomic mass is 10.1. The normalized spacial score (nSPS) is 10.7. The molecule has 0 heterocycles. The van der Waals surface area contributed by atoms with Crippen molar-refractivity contribution in [2.75, 3.05) is 5.33 Å².